The van der Waals surface area contributed by atoms with E-state index in [0.29, 0.717) is 6.42 Å². The van der Waals surface area contributed by atoms with Gasteiger partial charge in [0.05, 0.1) is 54.4 Å². The van der Waals surface area contributed by atoms with Gasteiger partial charge in [-0.05, 0) is 68.0 Å². The van der Waals surface area contributed by atoms with E-state index < -0.39 is 102 Å². The summed E-state index contributed by atoms with van der Waals surface area (Å²) in [5, 5.41) is 72.1. The topological polar surface area (TPSA) is 209 Å². The van der Waals surface area contributed by atoms with Gasteiger partial charge in [-0.3, -0.25) is 4.79 Å². The molecule has 0 bridgehead atoms. The Balaban J connectivity index is 2.20. The van der Waals surface area contributed by atoms with Crippen LogP contribution in [0, 0.1) is 29.6 Å². The van der Waals surface area contributed by atoms with Gasteiger partial charge in [0.15, 0.2) is 12.6 Å². The van der Waals surface area contributed by atoms with Gasteiger partial charge in [0.25, 0.3) is 0 Å². The Morgan fingerprint density at radius 1 is 0.923 bits per heavy atom. The van der Waals surface area contributed by atoms with Crippen LogP contribution in [0.1, 0.15) is 88.5 Å². The molecule has 3 fully saturated rings. The Hall–Kier alpha value is -1.50. The van der Waals surface area contributed by atoms with E-state index in [1.54, 1.807) is 55.4 Å². The van der Waals surface area contributed by atoms with Gasteiger partial charge in [-0.15, -0.1) is 0 Å². The molecule has 0 radical (unpaired) electrons. The first-order valence-electron chi connectivity index (χ1n) is 18.7. The Labute approximate surface area is 309 Å². The number of oxime groups is 1. The third-order valence-electron chi connectivity index (χ3n) is 12.0. The number of carbonyl (C=O) groups is 1. The number of likely N-dealkylation sites (N-methyl/N-ethyl adjacent to an activating group) is 1. The zero-order valence-corrected chi connectivity index (χ0v) is 33.4. The maximum absolute atomic E-state index is 14.1. The summed E-state index contributed by atoms with van der Waals surface area (Å²) in [7, 11) is 5.18. The third-order valence-corrected chi connectivity index (χ3v) is 12.0. The molecular formula is C37H68N2O13. The molecule has 0 aromatic carbocycles. The lowest BCUT2D eigenvalue weighted by atomic mass is 9.73. The van der Waals surface area contributed by atoms with Gasteiger partial charge in [-0.1, -0.05) is 39.8 Å². The molecular weight excluding hydrogens is 680 g/mol. The summed E-state index contributed by atoms with van der Waals surface area (Å²) >= 11 is 0. The lowest BCUT2D eigenvalue weighted by Crippen LogP contribution is -2.61. The van der Waals surface area contributed by atoms with Crippen molar-refractivity contribution in [2.24, 2.45) is 34.7 Å². The number of methoxy groups -OCH3 is 1. The fourth-order valence-corrected chi connectivity index (χ4v) is 8.53. The molecule has 6 N–H and O–H groups in total. The van der Waals surface area contributed by atoms with Crippen LogP contribution in [0.2, 0.25) is 0 Å². The largest absolute Gasteiger partial charge is 0.459 e. The predicted molar refractivity (Wildman–Crippen MR) is 190 cm³/mol. The fraction of sp³-hybridized carbons (Fsp3) is 0.946. The Kier molecular flexibility index (Phi) is 15.1. The minimum atomic E-state index is -1.97. The summed E-state index contributed by atoms with van der Waals surface area (Å²) in [5.74, 6) is -4.90. The van der Waals surface area contributed by atoms with Crippen LogP contribution < -0.4 is 0 Å². The molecule has 0 spiro atoms. The highest BCUT2D eigenvalue weighted by atomic mass is 16.7. The second kappa shape index (κ2) is 17.5. The zero-order valence-electron chi connectivity index (χ0n) is 33.4. The molecule has 0 aromatic heterocycles. The van der Waals surface area contributed by atoms with Crippen LogP contribution in [0.3, 0.4) is 0 Å². The SMILES string of the molecule is CC[C@@H]1OC(=O)[C@H](C)[C@H](O[C@@H]2OC[C@@](C)(OC)[C@@H](O)[C@@H]2C)[C@H](C)[C@H](O[C@@H]2O[C@H](C)C[C@H](N(C)C)[C@H]2O)[C@](C)(O)C[C@H](C)/C(=N\O)[C@H](C)[C@H](O)[C@@]1(C)O. The van der Waals surface area contributed by atoms with Crippen LogP contribution in [-0.2, 0) is 33.2 Å². The number of aliphatic hydroxyl groups is 5. The van der Waals surface area contributed by atoms with E-state index in [2.05, 4.69) is 5.16 Å². The quantitative estimate of drug-likeness (QED) is 0.125. The fourth-order valence-electron chi connectivity index (χ4n) is 8.53. The molecule has 0 saturated carbocycles. The monoisotopic (exact) mass is 748 g/mol. The lowest BCUT2D eigenvalue weighted by molar-refractivity contribution is -0.319. The van der Waals surface area contributed by atoms with E-state index in [1.165, 1.54) is 14.0 Å². The van der Waals surface area contributed by atoms with E-state index in [0.717, 1.165) is 0 Å². The van der Waals surface area contributed by atoms with Crippen LogP contribution >= 0.6 is 0 Å². The number of hydrogen-bond donors (Lipinski definition) is 6. The molecule has 3 aliphatic heterocycles. The number of hydrogen-bond acceptors (Lipinski definition) is 15. The highest BCUT2D eigenvalue weighted by Crippen LogP contribution is 2.41. The summed E-state index contributed by atoms with van der Waals surface area (Å²) < 4.78 is 37.1. The summed E-state index contributed by atoms with van der Waals surface area (Å²) in [6.45, 7) is 16.6. The minimum Gasteiger partial charge on any atom is -0.459 e. The lowest BCUT2D eigenvalue weighted by Gasteiger charge is -2.49. The van der Waals surface area contributed by atoms with Gasteiger partial charge < -0.3 is 64.1 Å². The second-order valence-electron chi connectivity index (χ2n) is 16.7. The van der Waals surface area contributed by atoms with Crippen molar-refractivity contribution in [1.82, 2.24) is 4.90 Å². The normalized spacial score (nSPS) is 49.8. The van der Waals surface area contributed by atoms with Crippen molar-refractivity contribution >= 4 is 11.7 Å². The van der Waals surface area contributed by atoms with Crippen LogP contribution in [0.5, 0.6) is 0 Å². The number of rotatable bonds is 7. The van der Waals surface area contributed by atoms with Gasteiger partial charge in [0.2, 0.25) is 0 Å². The average molecular weight is 749 g/mol. The smallest absolute Gasteiger partial charge is 0.311 e. The van der Waals surface area contributed by atoms with Crippen LogP contribution in [0.4, 0.5) is 0 Å². The average Bonchev–Trinajstić information content (AvgIpc) is 3.07. The summed E-state index contributed by atoms with van der Waals surface area (Å²) in [4.78, 5) is 16.0. The number of ether oxygens (including phenoxy) is 6. The van der Waals surface area contributed by atoms with Gasteiger partial charge >= 0.3 is 5.97 Å². The van der Waals surface area contributed by atoms with Gasteiger partial charge in [-0.2, -0.15) is 0 Å². The molecule has 3 aliphatic rings. The second-order valence-corrected chi connectivity index (χ2v) is 16.7. The maximum atomic E-state index is 14.1. The molecule has 15 heteroatoms. The molecule has 52 heavy (non-hydrogen) atoms. The first kappa shape index (κ1) is 44.9. The van der Waals surface area contributed by atoms with Crippen LogP contribution in [-0.4, -0.2) is 153 Å². The van der Waals surface area contributed by atoms with Crippen molar-refractivity contribution in [2.75, 3.05) is 27.8 Å². The molecule has 3 rings (SSSR count). The van der Waals surface area contributed by atoms with Crippen molar-refractivity contribution in [1.29, 1.82) is 0 Å². The van der Waals surface area contributed by atoms with E-state index >= 15 is 0 Å². The van der Waals surface area contributed by atoms with Crippen molar-refractivity contribution in [2.45, 2.75) is 167 Å². The first-order valence-corrected chi connectivity index (χ1v) is 18.7. The van der Waals surface area contributed by atoms with E-state index in [9.17, 15) is 35.5 Å². The molecule has 3 heterocycles. The standard InChI is InChI=1S/C37H68N2O13/c1-14-25-37(10,45)30(42)20(4)26(38-46)18(2)16-35(8,44)31(52-34-27(40)24(39(11)12)15-19(3)49-34)21(5)28(22(6)32(43)50-25)51-33-23(7)29(41)36(9,47-13)17-48-33/h18-25,27-31,33-34,40-42,44-46H,14-17H2,1-13H3/b38-26+/t18-,19+,20-,21-,22+,23-,24-,25-,27+,28+,29-,30-,31-,33-,34-,35+,36+,37-/m0/s1. The molecule has 0 aliphatic carbocycles. The molecule has 3 saturated heterocycles. The summed E-state index contributed by atoms with van der Waals surface area (Å²) in [6.07, 6.45) is -9.02. The number of carbonyl (C=O) groups excluding carboxylic acids is 1. The van der Waals surface area contributed by atoms with E-state index in [-0.39, 0.29) is 37.3 Å². The Morgan fingerprint density at radius 2 is 1.54 bits per heavy atom. The van der Waals surface area contributed by atoms with Crippen molar-refractivity contribution in [3.8, 4) is 0 Å². The van der Waals surface area contributed by atoms with E-state index in [1.807, 2.05) is 25.9 Å². The summed E-state index contributed by atoms with van der Waals surface area (Å²) in [6, 6.07) is -0.324. The van der Waals surface area contributed by atoms with E-state index in [4.69, 9.17) is 28.4 Å². The van der Waals surface area contributed by atoms with Gasteiger partial charge in [0, 0.05) is 36.8 Å². The molecule has 304 valence electrons. The predicted octanol–water partition coefficient (Wildman–Crippen LogP) is 1.90. The summed E-state index contributed by atoms with van der Waals surface area (Å²) in [5.41, 5.74) is -4.65. The van der Waals surface area contributed by atoms with Crippen molar-refractivity contribution in [3.05, 3.63) is 0 Å². The number of nitrogens with zero attached hydrogens (tertiary/aromatic N) is 2. The number of cyclic esters (lactones) is 1. The third kappa shape index (κ3) is 9.30. The van der Waals surface area contributed by atoms with Crippen molar-refractivity contribution < 1.29 is 64.0 Å². The molecule has 0 aromatic rings. The zero-order chi connectivity index (χ0) is 39.7. The van der Waals surface area contributed by atoms with Crippen LogP contribution in [0.25, 0.3) is 0 Å². The molecule has 15 nitrogen and oxygen atoms in total. The highest BCUT2D eigenvalue weighted by Gasteiger charge is 2.53. The number of esters is 1. The Bertz CT molecular complexity index is 1200. The van der Waals surface area contributed by atoms with Crippen molar-refractivity contribution in [3.63, 3.8) is 0 Å². The maximum Gasteiger partial charge on any atom is 0.311 e. The van der Waals surface area contributed by atoms with Crippen LogP contribution in [0.15, 0.2) is 5.16 Å². The molecule has 0 unspecified atom stereocenters. The molecule has 18 atom stereocenters. The highest BCUT2D eigenvalue weighted by molar-refractivity contribution is 5.88. The Morgan fingerprint density at radius 3 is 2.08 bits per heavy atom. The first-order chi connectivity index (χ1) is 24.0. The van der Waals surface area contributed by atoms with Gasteiger partial charge in [0.1, 0.15) is 23.4 Å². The number of aliphatic hydroxyl groups excluding tert-OH is 3. The van der Waals surface area contributed by atoms with Gasteiger partial charge in [-0.25, -0.2) is 0 Å². The minimum absolute atomic E-state index is 0.0131. The molecule has 0 amide bonds.